The van der Waals surface area contributed by atoms with E-state index in [4.69, 9.17) is 4.74 Å². The molecule has 34 heavy (non-hydrogen) atoms. The summed E-state index contributed by atoms with van der Waals surface area (Å²) < 4.78 is 5.31. The van der Waals surface area contributed by atoms with Gasteiger partial charge in [0, 0.05) is 24.3 Å². The number of carbonyl (C=O) groups is 2. The highest BCUT2D eigenvalue weighted by Crippen LogP contribution is 2.40. The fourth-order valence-electron chi connectivity index (χ4n) is 4.37. The van der Waals surface area contributed by atoms with Gasteiger partial charge < -0.3 is 15.4 Å². The van der Waals surface area contributed by atoms with E-state index in [9.17, 15) is 9.59 Å². The van der Waals surface area contributed by atoms with Crippen LogP contribution in [0.15, 0.2) is 48.5 Å². The summed E-state index contributed by atoms with van der Waals surface area (Å²) in [5.74, 6) is 1.76. The Bertz CT molecular complexity index is 1130. The zero-order valence-corrected chi connectivity index (χ0v) is 19.3. The first kappa shape index (κ1) is 23.3. The molecule has 1 aromatic carbocycles. The highest BCUT2D eigenvalue weighted by Gasteiger charge is 2.27. The van der Waals surface area contributed by atoms with Crippen LogP contribution in [0.3, 0.4) is 0 Å². The molecule has 0 unspecified atom stereocenters. The van der Waals surface area contributed by atoms with Crippen molar-refractivity contribution < 1.29 is 14.3 Å². The number of anilines is 2. The Morgan fingerprint density at radius 2 is 1.50 bits per heavy atom. The van der Waals surface area contributed by atoms with Crippen molar-refractivity contribution in [3.63, 3.8) is 0 Å². The van der Waals surface area contributed by atoms with E-state index < -0.39 is 0 Å². The van der Waals surface area contributed by atoms with Crippen molar-refractivity contribution in [3.8, 4) is 5.75 Å². The Hall–Kier alpha value is -3.88. The van der Waals surface area contributed by atoms with E-state index >= 15 is 0 Å². The predicted molar refractivity (Wildman–Crippen MR) is 128 cm³/mol. The maximum absolute atomic E-state index is 12.4. The Labute approximate surface area is 198 Å². The van der Waals surface area contributed by atoms with E-state index in [1.165, 1.54) is 6.92 Å². The predicted octanol–water partition coefficient (Wildman–Crippen LogP) is 3.86. The molecule has 0 bridgehead atoms. The molecular weight excluding hydrogens is 432 g/mol. The Balaban J connectivity index is 1.35. The van der Waals surface area contributed by atoms with Crippen LogP contribution in [0.2, 0.25) is 0 Å². The molecular formula is C25H28N6O3. The summed E-state index contributed by atoms with van der Waals surface area (Å²) in [7, 11) is 1.59. The van der Waals surface area contributed by atoms with Gasteiger partial charge in [-0.05, 0) is 49.6 Å². The minimum absolute atomic E-state index is 0.169. The lowest BCUT2D eigenvalue weighted by atomic mass is 9.78. The SMILES string of the molecule is COc1ccccc1CC(=O)Nc1ccc([C@H]2CCC[C@H](c3ccc(NC(C)=O)nn3)C2)nn1. The van der Waals surface area contributed by atoms with Gasteiger partial charge in [-0.25, -0.2) is 0 Å². The standard InChI is InChI=1S/C25H28N6O3/c1-16(32)26-23-12-10-20(28-30-23)17-7-5-8-18(14-17)21-11-13-24(31-29-21)27-25(33)15-19-6-3-4-9-22(19)34-2/h3-4,6,9-13,17-18H,5,7-8,14-15H2,1-2H3,(H,26,30,32)(H,27,31,33)/t17-,18-/m0/s1. The topological polar surface area (TPSA) is 119 Å². The first-order valence-electron chi connectivity index (χ1n) is 11.4. The molecule has 9 nitrogen and oxygen atoms in total. The van der Waals surface area contributed by atoms with E-state index in [-0.39, 0.29) is 30.1 Å². The third-order valence-electron chi connectivity index (χ3n) is 6.00. The van der Waals surface area contributed by atoms with Gasteiger partial charge in [0.2, 0.25) is 11.8 Å². The molecule has 1 aliphatic rings. The summed E-state index contributed by atoms with van der Waals surface area (Å²) in [6.45, 7) is 1.44. The highest BCUT2D eigenvalue weighted by molar-refractivity contribution is 5.91. The lowest BCUT2D eigenvalue weighted by Gasteiger charge is -2.28. The fraction of sp³-hybridized carbons (Fsp3) is 0.360. The van der Waals surface area contributed by atoms with E-state index in [1.807, 2.05) is 36.4 Å². The molecule has 2 atom stereocenters. The van der Waals surface area contributed by atoms with Crippen molar-refractivity contribution >= 4 is 23.5 Å². The van der Waals surface area contributed by atoms with Gasteiger partial charge in [0.15, 0.2) is 11.6 Å². The fourth-order valence-corrected chi connectivity index (χ4v) is 4.37. The zero-order valence-electron chi connectivity index (χ0n) is 19.3. The van der Waals surface area contributed by atoms with Gasteiger partial charge in [-0.2, -0.15) is 10.2 Å². The first-order valence-corrected chi connectivity index (χ1v) is 11.4. The number of aromatic nitrogens is 4. The number of hydrogen-bond donors (Lipinski definition) is 2. The van der Waals surface area contributed by atoms with Crippen molar-refractivity contribution in [1.82, 2.24) is 20.4 Å². The number of nitrogens with one attached hydrogen (secondary N) is 2. The van der Waals surface area contributed by atoms with Gasteiger partial charge in [0.1, 0.15) is 5.75 Å². The molecule has 1 saturated carbocycles. The van der Waals surface area contributed by atoms with Crippen LogP contribution in [0.1, 0.15) is 61.4 Å². The summed E-state index contributed by atoms with van der Waals surface area (Å²) in [5.41, 5.74) is 2.65. The summed E-state index contributed by atoms with van der Waals surface area (Å²) in [4.78, 5) is 23.6. The number of hydrogen-bond acceptors (Lipinski definition) is 7. The summed E-state index contributed by atoms with van der Waals surface area (Å²) >= 11 is 0. The quantitative estimate of drug-likeness (QED) is 0.549. The number of carbonyl (C=O) groups excluding carboxylic acids is 2. The summed E-state index contributed by atoms with van der Waals surface area (Å²) in [6, 6.07) is 14.9. The second-order valence-electron chi connectivity index (χ2n) is 8.47. The van der Waals surface area contributed by atoms with E-state index in [1.54, 1.807) is 19.2 Å². The molecule has 2 N–H and O–H groups in total. The number of methoxy groups -OCH3 is 1. The van der Waals surface area contributed by atoms with Crippen LogP contribution in [-0.2, 0) is 16.0 Å². The van der Waals surface area contributed by atoms with Crippen LogP contribution >= 0.6 is 0 Å². The van der Waals surface area contributed by atoms with Crippen molar-refractivity contribution in [3.05, 3.63) is 65.5 Å². The Kier molecular flexibility index (Phi) is 7.41. The smallest absolute Gasteiger partial charge is 0.230 e. The normalized spacial score (nSPS) is 17.6. The monoisotopic (exact) mass is 460 g/mol. The molecule has 1 fully saturated rings. The maximum atomic E-state index is 12.4. The van der Waals surface area contributed by atoms with Crippen LogP contribution in [0.5, 0.6) is 5.75 Å². The summed E-state index contributed by atoms with van der Waals surface area (Å²) in [5, 5.41) is 22.5. The lowest BCUT2D eigenvalue weighted by Crippen LogP contribution is -2.18. The molecule has 0 aliphatic heterocycles. The second-order valence-corrected chi connectivity index (χ2v) is 8.47. The van der Waals surface area contributed by atoms with Gasteiger partial charge in [-0.15, -0.1) is 10.2 Å². The average Bonchev–Trinajstić information content (AvgIpc) is 2.85. The molecule has 0 spiro atoms. The van der Waals surface area contributed by atoms with Gasteiger partial charge in [0.05, 0.1) is 24.9 Å². The molecule has 2 amide bonds. The third-order valence-corrected chi connectivity index (χ3v) is 6.00. The molecule has 2 aromatic heterocycles. The van der Waals surface area contributed by atoms with Crippen molar-refractivity contribution in [2.75, 3.05) is 17.7 Å². The van der Waals surface area contributed by atoms with E-state index in [2.05, 4.69) is 31.0 Å². The highest BCUT2D eigenvalue weighted by atomic mass is 16.5. The molecule has 4 rings (SSSR count). The van der Waals surface area contributed by atoms with Crippen LogP contribution < -0.4 is 15.4 Å². The minimum Gasteiger partial charge on any atom is -0.496 e. The van der Waals surface area contributed by atoms with Crippen molar-refractivity contribution in [2.45, 2.75) is 50.9 Å². The lowest BCUT2D eigenvalue weighted by molar-refractivity contribution is -0.116. The molecule has 9 heteroatoms. The third kappa shape index (κ3) is 5.92. The van der Waals surface area contributed by atoms with Gasteiger partial charge in [0.25, 0.3) is 0 Å². The van der Waals surface area contributed by atoms with Crippen LogP contribution in [-0.4, -0.2) is 39.3 Å². The van der Waals surface area contributed by atoms with Crippen molar-refractivity contribution in [2.24, 2.45) is 0 Å². The molecule has 3 aromatic rings. The number of benzene rings is 1. The Morgan fingerprint density at radius 3 is 2.06 bits per heavy atom. The number of rotatable bonds is 7. The number of nitrogens with zero attached hydrogens (tertiary/aromatic N) is 4. The maximum Gasteiger partial charge on any atom is 0.230 e. The Morgan fingerprint density at radius 1 is 0.882 bits per heavy atom. The number of para-hydroxylation sites is 1. The molecule has 1 aliphatic carbocycles. The van der Waals surface area contributed by atoms with Crippen LogP contribution in [0.25, 0.3) is 0 Å². The van der Waals surface area contributed by atoms with Crippen LogP contribution in [0, 0.1) is 0 Å². The average molecular weight is 461 g/mol. The molecule has 176 valence electrons. The minimum atomic E-state index is -0.175. The number of amides is 2. The van der Waals surface area contributed by atoms with E-state index in [0.29, 0.717) is 17.4 Å². The van der Waals surface area contributed by atoms with Gasteiger partial charge in [-0.3, -0.25) is 9.59 Å². The molecule has 2 heterocycles. The molecule has 0 saturated heterocycles. The zero-order chi connectivity index (χ0) is 23.9. The second kappa shape index (κ2) is 10.8. The summed E-state index contributed by atoms with van der Waals surface area (Å²) in [6.07, 6.45) is 4.22. The van der Waals surface area contributed by atoms with Gasteiger partial charge in [-0.1, -0.05) is 24.6 Å². The van der Waals surface area contributed by atoms with Crippen LogP contribution in [0.4, 0.5) is 11.6 Å². The molecule has 0 radical (unpaired) electrons. The van der Waals surface area contributed by atoms with E-state index in [0.717, 1.165) is 42.6 Å². The largest absolute Gasteiger partial charge is 0.496 e. The first-order chi connectivity index (χ1) is 16.5. The van der Waals surface area contributed by atoms with Crippen molar-refractivity contribution in [1.29, 1.82) is 0 Å². The van der Waals surface area contributed by atoms with Gasteiger partial charge >= 0.3 is 0 Å². The number of ether oxygens (including phenoxy) is 1.